The van der Waals surface area contributed by atoms with Crippen molar-refractivity contribution in [1.82, 2.24) is 0 Å². The van der Waals surface area contributed by atoms with Gasteiger partial charge in [-0.3, -0.25) is 9.35 Å². The molecule has 0 aromatic heterocycles. The van der Waals surface area contributed by atoms with Crippen LogP contribution in [-0.2, 0) is 71.5 Å². The van der Waals surface area contributed by atoms with Gasteiger partial charge < -0.3 is 108 Å². The van der Waals surface area contributed by atoms with E-state index in [1.54, 1.807) is 13.0 Å². The van der Waals surface area contributed by atoms with Gasteiger partial charge in [0.25, 0.3) is 0 Å². The molecule has 0 amide bonds. The first-order chi connectivity index (χ1) is 38.2. The number of allylic oxidation sites excluding steroid dienone is 1. The summed E-state index contributed by atoms with van der Waals surface area (Å²) in [5, 5.41) is 125. The van der Waals surface area contributed by atoms with Crippen molar-refractivity contribution in [2.45, 2.75) is 259 Å². The predicted molar refractivity (Wildman–Crippen MR) is 273 cm³/mol. The second-order valence-corrected chi connectivity index (χ2v) is 27.5. The topological polar surface area (TPSA) is 405 Å². The molecule has 29 atom stereocenters. The summed E-state index contributed by atoms with van der Waals surface area (Å²) >= 11 is 0. The number of carbonyl (C=O) groups excluding carboxylic acids is 1. The summed E-state index contributed by atoms with van der Waals surface area (Å²) in [6.07, 6.45) is -29.1. The van der Waals surface area contributed by atoms with Crippen molar-refractivity contribution in [3.05, 3.63) is 11.6 Å². The molecule has 28 heteroatoms. The van der Waals surface area contributed by atoms with E-state index in [1.165, 1.54) is 14.0 Å². The molecule has 10 aliphatic rings. The Kier molecular flexibility index (Phi) is 17.0. The maximum absolute atomic E-state index is 14.7. The van der Waals surface area contributed by atoms with Gasteiger partial charge in [-0.1, -0.05) is 39.3 Å². The fourth-order valence-electron chi connectivity index (χ4n) is 17.0. The first kappa shape index (κ1) is 63.3. The molecule has 0 bridgehead atoms. The van der Waals surface area contributed by atoms with Crippen LogP contribution in [0, 0.1) is 33.5 Å². The molecule has 470 valence electrons. The van der Waals surface area contributed by atoms with Gasteiger partial charge >= 0.3 is 16.4 Å². The summed E-state index contributed by atoms with van der Waals surface area (Å²) in [5.74, 6) is -0.972. The van der Waals surface area contributed by atoms with E-state index in [0.29, 0.717) is 44.9 Å². The van der Waals surface area contributed by atoms with Crippen LogP contribution in [0.3, 0.4) is 0 Å². The highest BCUT2D eigenvalue weighted by Crippen LogP contribution is 2.77. The molecular formula is C54H86O27S. The lowest BCUT2D eigenvalue weighted by molar-refractivity contribution is -0.389. The summed E-state index contributed by atoms with van der Waals surface area (Å²) in [6, 6.07) is 0. The van der Waals surface area contributed by atoms with Crippen LogP contribution in [0.2, 0.25) is 0 Å². The summed E-state index contributed by atoms with van der Waals surface area (Å²) < 4.78 is 104. The highest BCUT2D eigenvalue weighted by molar-refractivity contribution is 7.80. The third kappa shape index (κ3) is 9.71. The zero-order valence-electron chi connectivity index (χ0n) is 47.6. The van der Waals surface area contributed by atoms with E-state index >= 15 is 0 Å². The summed E-state index contributed by atoms with van der Waals surface area (Å²) in [6.45, 7) is 13.1. The average Bonchev–Trinajstić information content (AvgIpc) is 1.46. The number of aliphatic hydroxyl groups excluding tert-OH is 10. The number of carbonyl (C=O) groups is 1. The van der Waals surface area contributed by atoms with Crippen molar-refractivity contribution in [2.75, 3.05) is 26.9 Å². The van der Waals surface area contributed by atoms with Gasteiger partial charge in [-0.15, -0.1) is 0 Å². The minimum absolute atomic E-state index is 0.131. The number of cyclic esters (lactones) is 1. The molecule has 6 saturated heterocycles. The maximum Gasteiger partial charge on any atom is 0.397 e. The second-order valence-electron chi connectivity index (χ2n) is 26.5. The van der Waals surface area contributed by atoms with E-state index in [4.69, 9.17) is 56.3 Å². The molecule has 0 radical (unpaired) electrons. The number of methoxy groups -OCH3 is 1. The average molecular weight is 1200 g/mol. The third-order valence-corrected chi connectivity index (χ3v) is 21.9. The molecule has 6 aliphatic heterocycles. The van der Waals surface area contributed by atoms with Gasteiger partial charge in [0.1, 0.15) is 103 Å². The maximum atomic E-state index is 14.7. The van der Waals surface area contributed by atoms with Gasteiger partial charge in [-0.05, 0) is 107 Å². The van der Waals surface area contributed by atoms with Crippen LogP contribution in [0.4, 0.5) is 0 Å². The van der Waals surface area contributed by atoms with Gasteiger partial charge in [-0.25, -0.2) is 4.18 Å². The van der Waals surface area contributed by atoms with Crippen LogP contribution in [0.1, 0.15) is 107 Å². The zero-order chi connectivity index (χ0) is 60.0. The van der Waals surface area contributed by atoms with Crippen molar-refractivity contribution in [3.8, 4) is 0 Å². The first-order valence-corrected chi connectivity index (χ1v) is 30.0. The van der Waals surface area contributed by atoms with E-state index < -0.39 is 210 Å². The van der Waals surface area contributed by atoms with Crippen LogP contribution in [0.15, 0.2) is 11.6 Å². The second kappa shape index (κ2) is 22.1. The van der Waals surface area contributed by atoms with Gasteiger partial charge in [0.05, 0.1) is 43.7 Å². The molecular weight excluding hydrogens is 1110 g/mol. The Labute approximate surface area is 475 Å². The quantitative estimate of drug-likeness (QED) is 0.0378. The van der Waals surface area contributed by atoms with Crippen molar-refractivity contribution in [1.29, 1.82) is 0 Å². The number of ether oxygens (including phenoxy) is 11. The van der Waals surface area contributed by atoms with Crippen molar-refractivity contribution in [3.63, 3.8) is 0 Å². The zero-order valence-corrected chi connectivity index (χ0v) is 48.4. The number of aliphatic hydroxyl groups is 11. The van der Waals surface area contributed by atoms with E-state index in [1.807, 2.05) is 34.6 Å². The van der Waals surface area contributed by atoms with Crippen LogP contribution in [0.25, 0.3) is 0 Å². The van der Waals surface area contributed by atoms with Crippen LogP contribution >= 0.6 is 0 Å². The molecule has 12 N–H and O–H groups in total. The lowest BCUT2D eigenvalue weighted by Crippen LogP contribution is -2.69. The van der Waals surface area contributed by atoms with Crippen LogP contribution in [0.5, 0.6) is 0 Å². The Morgan fingerprint density at radius 2 is 1.26 bits per heavy atom. The highest BCUT2D eigenvalue weighted by Gasteiger charge is 2.87. The minimum atomic E-state index is -5.19. The SMILES string of the molecule is CO[C@@H]1[C@@H](O)[C@H](O[C@@H]2[C@@H](O)[C@H](O[C@H]3[C@H](O)[C@@H](O)[C@H](O[C@H]4[C@H](O[C@H]5CC[C@]6(C)C7=C[C@H](O)[C@]89C(=O)O[C@@](C)([C@@H]%10CCC(C)(C)O%10)[C@@]8(O)CC[C@@]9(C)[C@@H]7CC[C@H]6C5(C)C)OC[C@@H](OS(=O)(=O)O)[C@@H]4O)O[C@@H]3C)O[C@H](CO)[C@H]2O)O[C@H](CO)[C@H]1O. The molecule has 3 saturated carbocycles. The number of hydrogen-bond donors (Lipinski definition) is 12. The van der Waals surface area contributed by atoms with E-state index in [-0.39, 0.29) is 18.3 Å². The van der Waals surface area contributed by atoms with Crippen LogP contribution < -0.4 is 0 Å². The molecule has 0 aromatic rings. The Balaban J connectivity index is 0.852. The fourth-order valence-corrected chi connectivity index (χ4v) is 17.5. The molecule has 6 heterocycles. The lowest BCUT2D eigenvalue weighted by Gasteiger charge is -2.64. The number of hydrogen-bond acceptors (Lipinski definition) is 26. The van der Waals surface area contributed by atoms with E-state index in [2.05, 4.69) is 6.92 Å². The largest absolute Gasteiger partial charge is 0.453 e. The van der Waals surface area contributed by atoms with Crippen molar-refractivity contribution in [2.24, 2.45) is 33.5 Å². The normalized spacial score (nSPS) is 53.6. The molecule has 27 nitrogen and oxygen atoms in total. The Bertz CT molecular complexity index is 2490. The van der Waals surface area contributed by atoms with Gasteiger partial charge in [0.2, 0.25) is 0 Å². The van der Waals surface area contributed by atoms with Gasteiger partial charge in [0.15, 0.2) is 30.8 Å². The van der Waals surface area contributed by atoms with E-state index in [9.17, 15) is 73.9 Å². The molecule has 1 spiro atoms. The Morgan fingerprint density at radius 1 is 0.659 bits per heavy atom. The molecule has 10 rings (SSSR count). The molecule has 82 heavy (non-hydrogen) atoms. The van der Waals surface area contributed by atoms with Gasteiger partial charge in [0, 0.05) is 7.11 Å². The number of rotatable bonds is 14. The van der Waals surface area contributed by atoms with E-state index in [0.717, 1.165) is 5.57 Å². The molecule has 9 fully saturated rings. The molecule has 0 aromatic carbocycles. The third-order valence-electron chi connectivity index (χ3n) is 21.4. The lowest BCUT2D eigenvalue weighted by atomic mass is 9.40. The van der Waals surface area contributed by atoms with Crippen LogP contribution in [-0.4, -0.2) is 254 Å². The summed E-state index contributed by atoms with van der Waals surface area (Å²) in [5.41, 5.74) is -6.49. The number of fused-ring (bicyclic) bond motifs is 4. The monoisotopic (exact) mass is 1200 g/mol. The first-order valence-electron chi connectivity index (χ1n) is 28.6. The van der Waals surface area contributed by atoms with Gasteiger partial charge in [-0.2, -0.15) is 8.42 Å². The summed E-state index contributed by atoms with van der Waals surface area (Å²) in [7, 11) is -4.02. The Morgan fingerprint density at radius 3 is 1.85 bits per heavy atom. The standard InChI is InChI=1S/C54H86O27S/c1-22-39(76-45-38(64)41(33(59)26(20-56)74-45)77-44-37(63)40(70-9)32(58)25(19-55)73-44)35(61)36(62)43(72-22)78-42-34(60)27(81-82(67,68)69)21-71-46(42)75-30-13-15-50(6)24-18-29(57)54-47(65)80-52(8,31-12-14-48(2,3)79-31)53(54,66)17-16-51(54,7)23(24)10-11-28(50)49(30,4)5/h18,22-23,25-46,55-64,66H,10-17,19-21H2,1-9H3,(H,67,68,69)/t22-,23-,25-,26-,27-,28+,29+,30+,31+,32-,33-,34+,35-,36-,37-,38-,39-,40+,41+,42-,43+,44+,45+,46+,50-,51+,52+,53+,54-/m1/s1. The predicted octanol–water partition coefficient (Wildman–Crippen LogP) is -2.26. The highest BCUT2D eigenvalue weighted by atomic mass is 32.3. The molecule has 4 aliphatic carbocycles. The molecule has 0 unspecified atom stereocenters. The Hall–Kier alpha value is -1.76. The minimum Gasteiger partial charge on any atom is -0.453 e. The van der Waals surface area contributed by atoms with Crippen molar-refractivity contribution < 1.29 is 130 Å². The van der Waals surface area contributed by atoms with Crippen molar-refractivity contribution >= 4 is 16.4 Å². The fraction of sp³-hybridized carbons (Fsp3) is 0.944. The number of esters is 1. The smallest absolute Gasteiger partial charge is 0.397 e. The summed E-state index contributed by atoms with van der Waals surface area (Å²) in [4.78, 5) is 14.7.